The number of nitrogens with zero attached hydrogens (tertiary/aromatic N) is 1. The third kappa shape index (κ3) is 4.07. The van der Waals surface area contributed by atoms with Gasteiger partial charge in [-0.15, -0.1) is 0 Å². The first kappa shape index (κ1) is 26.0. The summed E-state index contributed by atoms with van der Waals surface area (Å²) in [6.45, 7) is 0. The molecule has 0 atom stereocenters. The second-order valence-corrected chi connectivity index (χ2v) is 12.1. The fourth-order valence-corrected chi connectivity index (χ4v) is 7.23. The van der Waals surface area contributed by atoms with E-state index >= 15 is 0 Å². The molecule has 10 aromatic rings. The van der Waals surface area contributed by atoms with Crippen molar-refractivity contribution in [2.45, 2.75) is 0 Å². The number of hydrogen-bond donors (Lipinski definition) is 0. The summed E-state index contributed by atoms with van der Waals surface area (Å²) in [7, 11) is 0. The van der Waals surface area contributed by atoms with Crippen LogP contribution in [0.3, 0.4) is 0 Å². The third-order valence-electron chi connectivity index (χ3n) is 9.40. The first-order valence-corrected chi connectivity index (χ1v) is 15.9. The Morgan fingerprint density at radius 2 is 1.00 bits per heavy atom. The summed E-state index contributed by atoms with van der Waals surface area (Å²) in [4.78, 5) is 2.37. The second kappa shape index (κ2) is 10.1. The van der Waals surface area contributed by atoms with Crippen LogP contribution >= 0.6 is 0 Å². The Balaban J connectivity index is 1.28. The molecule has 0 spiro atoms. The molecule has 0 unspecified atom stereocenters. The number of rotatable bonds is 4. The van der Waals surface area contributed by atoms with Gasteiger partial charge in [-0.25, -0.2) is 0 Å². The van der Waals surface area contributed by atoms with E-state index < -0.39 is 0 Å². The molecule has 2 aromatic heterocycles. The Labute approximate surface area is 270 Å². The first-order valence-electron chi connectivity index (χ1n) is 15.9. The molecule has 0 saturated heterocycles. The van der Waals surface area contributed by atoms with Crippen LogP contribution in [0.4, 0.5) is 17.1 Å². The minimum absolute atomic E-state index is 0.861. The fourth-order valence-electron chi connectivity index (χ4n) is 7.23. The molecule has 0 saturated carbocycles. The van der Waals surface area contributed by atoms with Crippen molar-refractivity contribution in [1.82, 2.24) is 0 Å². The van der Waals surface area contributed by atoms with Crippen molar-refractivity contribution in [3.8, 4) is 11.1 Å². The van der Waals surface area contributed by atoms with Crippen molar-refractivity contribution in [2.24, 2.45) is 0 Å². The molecule has 0 N–H and O–H groups in total. The topological polar surface area (TPSA) is 29.5 Å². The van der Waals surface area contributed by atoms with Gasteiger partial charge in [-0.3, -0.25) is 0 Å². The molecule has 2 heterocycles. The molecule has 0 radical (unpaired) electrons. The molecule has 0 bridgehead atoms. The Bertz CT molecular complexity index is 2810. The summed E-state index contributed by atoms with van der Waals surface area (Å²) in [5.74, 6) is 0. The van der Waals surface area contributed by atoms with Gasteiger partial charge in [0.25, 0.3) is 0 Å². The molecule has 47 heavy (non-hydrogen) atoms. The normalized spacial score (nSPS) is 11.8. The maximum atomic E-state index is 6.53. The highest BCUT2D eigenvalue weighted by Crippen LogP contribution is 2.46. The van der Waals surface area contributed by atoms with Crippen LogP contribution in [0, 0.1) is 0 Å². The van der Waals surface area contributed by atoms with Gasteiger partial charge in [-0.05, 0) is 93.3 Å². The molecule has 0 aliphatic carbocycles. The van der Waals surface area contributed by atoms with E-state index in [1.165, 1.54) is 27.1 Å². The van der Waals surface area contributed by atoms with E-state index in [-0.39, 0.29) is 0 Å². The summed E-state index contributed by atoms with van der Waals surface area (Å²) in [6, 6.07) is 57.9. The van der Waals surface area contributed by atoms with E-state index in [1.54, 1.807) is 0 Å². The largest absolute Gasteiger partial charge is 0.456 e. The first-order chi connectivity index (χ1) is 23.3. The zero-order valence-corrected chi connectivity index (χ0v) is 25.4. The highest BCUT2D eigenvalue weighted by molar-refractivity contribution is 6.23. The third-order valence-corrected chi connectivity index (χ3v) is 9.40. The Morgan fingerprint density at radius 1 is 0.340 bits per heavy atom. The molecule has 3 nitrogen and oxygen atoms in total. The number of fused-ring (bicyclic) bond motifs is 9. The SMILES string of the molecule is c1ccc(-c2cccc(N(c3ccc4oc5cc6ccccc6cc5c4c3)c3cccc4oc5ccc6ccccc6c5c34)c2)cc1. The standard InChI is InChI=1S/C44H27NO2/c1-2-10-28(11-3-1)30-15-8-16-33(24-30)45(34-21-23-39-37(27-34)36-25-31-13-4-5-14-32(31)26-42(36)46-39)38-18-9-19-40-44(38)43-35-17-7-6-12-29(35)20-22-41(43)47-40/h1-27H. The van der Waals surface area contributed by atoms with Crippen LogP contribution in [-0.4, -0.2) is 0 Å². The summed E-state index contributed by atoms with van der Waals surface area (Å²) < 4.78 is 12.9. The smallest absolute Gasteiger partial charge is 0.137 e. The predicted octanol–water partition coefficient (Wildman–Crippen LogP) is 12.9. The molecule has 0 aliphatic rings. The van der Waals surface area contributed by atoms with Gasteiger partial charge in [0.2, 0.25) is 0 Å². The average Bonchev–Trinajstić information content (AvgIpc) is 3.69. The van der Waals surface area contributed by atoms with Gasteiger partial charge >= 0.3 is 0 Å². The van der Waals surface area contributed by atoms with E-state index in [2.05, 4.69) is 169 Å². The van der Waals surface area contributed by atoms with Crippen molar-refractivity contribution in [3.05, 3.63) is 164 Å². The molecule has 0 amide bonds. The molecule has 10 rings (SSSR count). The predicted molar refractivity (Wildman–Crippen MR) is 196 cm³/mol. The van der Waals surface area contributed by atoms with Crippen LogP contribution in [0.5, 0.6) is 0 Å². The van der Waals surface area contributed by atoms with Crippen molar-refractivity contribution in [2.75, 3.05) is 4.90 Å². The summed E-state index contributed by atoms with van der Waals surface area (Å²) in [5.41, 5.74) is 9.00. The van der Waals surface area contributed by atoms with E-state index in [4.69, 9.17) is 8.83 Å². The van der Waals surface area contributed by atoms with Crippen LogP contribution in [0.15, 0.2) is 173 Å². The summed E-state index contributed by atoms with van der Waals surface area (Å²) in [6.07, 6.45) is 0. The van der Waals surface area contributed by atoms with Gasteiger partial charge < -0.3 is 13.7 Å². The minimum atomic E-state index is 0.861. The second-order valence-electron chi connectivity index (χ2n) is 12.1. The van der Waals surface area contributed by atoms with E-state index in [0.29, 0.717) is 0 Å². The Hall–Kier alpha value is -6.32. The van der Waals surface area contributed by atoms with Crippen LogP contribution in [0.1, 0.15) is 0 Å². The Morgan fingerprint density at radius 3 is 1.89 bits per heavy atom. The lowest BCUT2D eigenvalue weighted by molar-refractivity contribution is 0.669. The van der Waals surface area contributed by atoms with Gasteiger partial charge in [-0.1, -0.05) is 103 Å². The highest BCUT2D eigenvalue weighted by Gasteiger charge is 2.22. The van der Waals surface area contributed by atoms with Crippen LogP contribution in [-0.2, 0) is 0 Å². The highest BCUT2D eigenvalue weighted by atomic mass is 16.3. The summed E-state index contributed by atoms with van der Waals surface area (Å²) in [5, 5.41) is 9.14. The molecular weight excluding hydrogens is 574 g/mol. The van der Waals surface area contributed by atoms with E-state index in [9.17, 15) is 0 Å². The van der Waals surface area contributed by atoms with E-state index in [0.717, 1.165) is 66.5 Å². The quantitative estimate of drug-likeness (QED) is 0.201. The van der Waals surface area contributed by atoms with Crippen molar-refractivity contribution < 1.29 is 8.83 Å². The molecule has 0 aliphatic heterocycles. The fraction of sp³-hybridized carbons (Fsp3) is 0. The zero-order chi connectivity index (χ0) is 30.9. The maximum absolute atomic E-state index is 6.53. The number of furan rings is 2. The molecule has 0 fully saturated rings. The van der Waals surface area contributed by atoms with Gasteiger partial charge in [0, 0.05) is 27.5 Å². The van der Waals surface area contributed by atoms with E-state index in [1.807, 2.05) is 0 Å². The molecule has 3 heteroatoms. The van der Waals surface area contributed by atoms with Crippen molar-refractivity contribution >= 4 is 82.5 Å². The van der Waals surface area contributed by atoms with Gasteiger partial charge in [0.05, 0.1) is 11.1 Å². The van der Waals surface area contributed by atoms with Crippen LogP contribution < -0.4 is 4.90 Å². The lowest BCUT2D eigenvalue weighted by Gasteiger charge is -2.27. The lowest BCUT2D eigenvalue weighted by Crippen LogP contribution is -2.10. The van der Waals surface area contributed by atoms with Crippen molar-refractivity contribution in [3.63, 3.8) is 0 Å². The van der Waals surface area contributed by atoms with Crippen LogP contribution in [0.25, 0.3) is 76.5 Å². The summed E-state index contributed by atoms with van der Waals surface area (Å²) >= 11 is 0. The number of benzene rings is 8. The number of hydrogen-bond acceptors (Lipinski definition) is 3. The van der Waals surface area contributed by atoms with Crippen LogP contribution in [0.2, 0.25) is 0 Å². The molecule has 8 aromatic carbocycles. The molecule has 220 valence electrons. The average molecular weight is 602 g/mol. The zero-order valence-electron chi connectivity index (χ0n) is 25.4. The maximum Gasteiger partial charge on any atom is 0.137 e. The van der Waals surface area contributed by atoms with Gasteiger partial charge in [0.15, 0.2) is 0 Å². The minimum Gasteiger partial charge on any atom is -0.456 e. The van der Waals surface area contributed by atoms with Gasteiger partial charge in [0.1, 0.15) is 22.3 Å². The number of anilines is 3. The van der Waals surface area contributed by atoms with Crippen molar-refractivity contribution in [1.29, 1.82) is 0 Å². The monoisotopic (exact) mass is 601 g/mol. The lowest BCUT2D eigenvalue weighted by atomic mass is 10.0. The molecular formula is C44H27NO2. The van der Waals surface area contributed by atoms with Gasteiger partial charge in [-0.2, -0.15) is 0 Å². The Kier molecular flexibility index (Phi) is 5.57.